The van der Waals surface area contributed by atoms with E-state index in [9.17, 15) is 19.5 Å². The molecular weight excluding hydrogens is 436 g/mol. The molecule has 0 bridgehead atoms. The van der Waals surface area contributed by atoms with E-state index in [1.807, 2.05) is 52.8 Å². The zero-order valence-electron chi connectivity index (χ0n) is 20.9. The van der Waals surface area contributed by atoms with Crippen molar-refractivity contribution in [3.8, 4) is 0 Å². The number of carbonyl (C=O) groups is 2. The average molecular weight is 473 g/mol. The molecule has 1 aromatic carbocycles. The van der Waals surface area contributed by atoms with Gasteiger partial charge in [0.2, 0.25) is 5.91 Å². The number of aromatic nitrogens is 2. The van der Waals surface area contributed by atoms with Gasteiger partial charge in [0.1, 0.15) is 17.9 Å². The quantitative estimate of drug-likeness (QED) is 0.699. The minimum absolute atomic E-state index is 0.140. The number of benzene rings is 1. The van der Waals surface area contributed by atoms with Gasteiger partial charge in [-0.15, -0.1) is 0 Å². The van der Waals surface area contributed by atoms with Crippen LogP contribution in [0.5, 0.6) is 0 Å². The van der Waals surface area contributed by atoms with Crippen molar-refractivity contribution >= 4 is 23.0 Å². The molecule has 2 aromatic rings. The van der Waals surface area contributed by atoms with E-state index in [4.69, 9.17) is 4.74 Å². The van der Waals surface area contributed by atoms with Crippen LogP contribution in [-0.4, -0.2) is 55.1 Å². The molecular formula is C25H36N4O5. The number of carbonyl (C=O) groups excluding carboxylic acids is 2. The number of aliphatic hydroxyl groups excluding tert-OH is 1. The number of imidazole rings is 1. The van der Waals surface area contributed by atoms with Crippen molar-refractivity contribution in [1.29, 1.82) is 0 Å². The Labute approximate surface area is 199 Å². The van der Waals surface area contributed by atoms with Crippen molar-refractivity contribution in [2.24, 2.45) is 7.05 Å². The molecule has 2 amide bonds. The number of likely N-dealkylation sites (tertiary alicyclic amines) is 1. The van der Waals surface area contributed by atoms with Gasteiger partial charge in [0.25, 0.3) is 0 Å². The van der Waals surface area contributed by atoms with E-state index in [-0.39, 0.29) is 23.6 Å². The Morgan fingerprint density at radius 2 is 1.88 bits per heavy atom. The molecule has 2 aliphatic heterocycles. The van der Waals surface area contributed by atoms with Crippen LogP contribution in [0.15, 0.2) is 23.0 Å². The number of aliphatic hydroxyl groups is 1. The maximum Gasteiger partial charge on any atom is 0.410 e. The van der Waals surface area contributed by atoms with Crippen molar-refractivity contribution in [1.82, 2.24) is 19.4 Å². The molecule has 0 saturated carbocycles. The summed E-state index contributed by atoms with van der Waals surface area (Å²) < 4.78 is 8.81. The summed E-state index contributed by atoms with van der Waals surface area (Å²) >= 11 is 0. The summed E-state index contributed by atoms with van der Waals surface area (Å²) in [6.07, 6.45) is 1.09. The standard InChI is InChI=1S/C25H36N4O5/c1-24(2,3)34-23(33)28-13-12-15(14-25(28,4)5)16-8-7-9-17-20(16)27(6)22(32)29(17)18-10-11-19(30)26-21(18)31/h7-9,15,18-19,30H,10-14H2,1-6H3,(H,26,31)/t15-,18?,19?/m0/s1. The average Bonchev–Trinajstić information content (AvgIpc) is 2.96. The monoisotopic (exact) mass is 472 g/mol. The molecule has 0 aliphatic carbocycles. The maximum absolute atomic E-state index is 13.3. The predicted molar refractivity (Wildman–Crippen MR) is 129 cm³/mol. The summed E-state index contributed by atoms with van der Waals surface area (Å²) in [7, 11) is 1.74. The first-order chi connectivity index (χ1) is 15.8. The molecule has 0 radical (unpaired) electrons. The van der Waals surface area contributed by atoms with Crippen LogP contribution in [0.1, 0.15) is 77.8 Å². The highest BCUT2D eigenvalue weighted by atomic mass is 16.6. The molecule has 3 atom stereocenters. The fraction of sp³-hybridized carbons (Fsp3) is 0.640. The van der Waals surface area contributed by atoms with Gasteiger partial charge in [-0.1, -0.05) is 12.1 Å². The molecule has 2 saturated heterocycles. The SMILES string of the molecule is Cn1c(=O)n(C2CCC(O)NC2=O)c2cccc([C@H]3CCN(C(=O)OC(C)(C)C)C(C)(C)C3)c21. The summed E-state index contributed by atoms with van der Waals surface area (Å²) in [5.41, 5.74) is 1.35. The van der Waals surface area contributed by atoms with Crippen LogP contribution < -0.4 is 11.0 Å². The zero-order chi connectivity index (χ0) is 25.0. The predicted octanol–water partition coefficient (Wildman–Crippen LogP) is 3.00. The lowest BCUT2D eigenvalue weighted by atomic mass is 9.79. The summed E-state index contributed by atoms with van der Waals surface area (Å²) in [5, 5.41) is 12.3. The Bertz CT molecular complexity index is 1170. The molecule has 3 heterocycles. The molecule has 9 heteroatoms. The van der Waals surface area contributed by atoms with E-state index >= 15 is 0 Å². The first-order valence-electron chi connectivity index (χ1n) is 12.0. The van der Waals surface area contributed by atoms with Crippen molar-refractivity contribution in [3.05, 3.63) is 34.2 Å². The van der Waals surface area contributed by atoms with E-state index in [1.165, 1.54) is 0 Å². The van der Waals surface area contributed by atoms with Gasteiger partial charge in [-0.05, 0) is 77.8 Å². The summed E-state index contributed by atoms with van der Waals surface area (Å²) in [5.74, 6) is -0.202. The summed E-state index contributed by atoms with van der Waals surface area (Å²) in [4.78, 5) is 40.5. The van der Waals surface area contributed by atoms with Crippen LogP contribution in [0.25, 0.3) is 11.0 Å². The third-order valence-electron chi connectivity index (χ3n) is 7.00. The van der Waals surface area contributed by atoms with E-state index in [0.29, 0.717) is 24.9 Å². The minimum Gasteiger partial charge on any atom is -0.444 e. The summed E-state index contributed by atoms with van der Waals surface area (Å²) in [6, 6.07) is 5.19. The molecule has 2 N–H and O–H groups in total. The topological polar surface area (TPSA) is 106 Å². The highest BCUT2D eigenvalue weighted by molar-refractivity contribution is 5.86. The molecule has 34 heavy (non-hydrogen) atoms. The second-order valence-electron chi connectivity index (χ2n) is 11.2. The second-order valence-corrected chi connectivity index (χ2v) is 11.2. The number of para-hydroxylation sites is 1. The lowest BCUT2D eigenvalue weighted by Crippen LogP contribution is -2.53. The van der Waals surface area contributed by atoms with Crippen LogP contribution >= 0.6 is 0 Å². The Kier molecular flexibility index (Phi) is 6.04. The van der Waals surface area contributed by atoms with Crippen LogP contribution in [0.4, 0.5) is 4.79 Å². The summed E-state index contributed by atoms with van der Waals surface area (Å²) in [6.45, 7) is 10.2. The largest absolute Gasteiger partial charge is 0.444 e. The second kappa shape index (κ2) is 8.45. The third kappa shape index (κ3) is 4.33. The minimum atomic E-state index is -0.873. The highest BCUT2D eigenvalue weighted by Crippen LogP contribution is 2.40. The van der Waals surface area contributed by atoms with Crippen molar-refractivity contribution in [2.75, 3.05) is 6.54 Å². The molecule has 9 nitrogen and oxygen atoms in total. The first-order valence-corrected chi connectivity index (χ1v) is 12.0. The molecule has 1 aromatic heterocycles. The highest BCUT2D eigenvalue weighted by Gasteiger charge is 2.41. The van der Waals surface area contributed by atoms with Gasteiger partial charge in [0.05, 0.1) is 11.0 Å². The Balaban J connectivity index is 1.68. The van der Waals surface area contributed by atoms with Crippen LogP contribution in [-0.2, 0) is 16.6 Å². The number of ether oxygens (including phenoxy) is 1. The van der Waals surface area contributed by atoms with Gasteiger partial charge in [-0.3, -0.25) is 13.9 Å². The third-order valence-corrected chi connectivity index (χ3v) is 7.00. The van der Waals surface area contributed by atoms with Crippen molar-refractivity contribution in [2.45, 2.75) is 89.6 Å². The smallest absolute Gasteiger partial charge is 0.410 e. The number of hydrogen-bond acceptors (Lipinski definition) is 5. The number of nitrogens with one attached hydrogen (secondary N) is 1. The fourth-order valence-electron chi connectivity index (χ4n) is 5.45. The molecule has 0 spiro atoms. The number of hydrogen-bond donors (Lipinski definition) is 2. The first kappa shape index (κ1) is 24.3. The number of nitrogens with zero attached hydrogens (tertiary/aromatic N) is 3. The molecule has 2 unspecified atom stereocenters. The van der Waals surface area contributed by atoms with E-state index < -0.39 is 23.4 Å². The van der Waals surface area contributed by atoms with Crippen LogP contribution in [0.3, 0.4) is 0 Å². The van der Waals surface area contributed by atoms with Crippen molar-refractivity contribution in [3.63, 3.8) is 0 Å². The number of aryl methyl sites for hydroxylation is 1. The number of rotatable bonds is 2. The Morgan fingerprint density at radius 3 is 2.50 bits per heavy atom. The van der Waals surface area contributed by atoms with E-state index in [0.717, 1.165) is 23.9 Å². The molecule has 2 fully saturated rings. The van der Waals surface area contributed by atoms with Gasteiger partial charge in [0, 0.05) is 19.1 Å². The van der Waals surface area contributed by atoms with Crippen LogP contribution in [0.2, 0.25) is 0 Å². The molecule has 2 aliphatic rings. The van der Waals surface area contributed by atoms with Gasteiger partial charge >= 0.3 is 11.8 Å². The maximum atomic E-state index is 13.3. The molecule has 4 rings (SSSR count). The number of piperidine rings is 2. The van der Waals surface area contributed by atoms with Gasteiger partial charge < -0.3 is 20.1 Å². The van der Waals surface area contributed by atoms with Gasteiger partial charge in [0.15, 0.2) is 0 Å². The number of amides is 2. The Hall–Kier alpha value is -2.81. The zero-order valence-corrected chi connectivity index (χ0v) is 20.9. The van der Waals surface area contributed by atoms with E-state index in [2.05, 4.69) is 5.32 Å². The van der Waals surface area contributed by atoms with Crippen molar-refractivity contribution < 1.29 is 19.4 Å². The van der Waals surface area contributed by atoms with Gasteiger partial charge in [-0.2, -0.15) is 0 Å². The normalized spacial score (nSPS) is 25.3. The fourth-order valence-corrected chi connectivity index (χ4v) is 5.45. The van der Waals surface area contributed by atoms with Gasteiger partial charge in [-0.25, -0.2) is 9.59 Å². The number of fused-ring (bicyclic) bond motifs is 1. The molecule has 186 valence electrons. The van der Waals surface area contributed by atoms with E-state index in [1.54, 1.807) is 21.1 Å². The lowest BCUT2D eigenvalue weighted by molar-refractivity contribution is -0.130. The van der Waals surface area contributed by atoms with Crippen LogP contribution in [0, 0.1) is 0 Å². The Morgan fingerprint density at radius 1 is 1.18 bits per heavy atom. The lowest BCUT2D eigenvalue weighted by Gasteiger charge is -2.45.